The van der Waals surface area contributed by atoms with E-state index in [0.29, 0.717) is 28.6 Å². The lowest BCUT2D eigenvalue weighted by Gasteiger charge is -2.37. The van der Waals surface area contributed by atoms with Gasteiger partial charge in [0, 0.05) is 17.5 Å². The molecule has 1 amide bonds. The van der Waals surface area contributed by atoms with Crippen LogP contribution in [0.4, 0.5) is 17.3 Å². The maximum Gasteiger partial charge on any atom is 0.277 e. The molecule has 0 unspecified atom stereocenters. The number of fused-ring (bicyclic) bond motifs is 2. The number of para-hydroxylation sites is 1. The number of ether oxygens (including phenoxy) is 1. The molecule has 1 N–H and O–H groups in total. The lowest BCUT2D eigenvalue weighted by molar-refractivity contribution is -0.131. The summed E-state index contributed by atoms with van der Waals surface area (Å²) < 4.78 is 37.1. The number of nitrogens with one attached hydrogen (secondary N) is 1. The molecule has 140 valence electrons. The third-order valence-corrected chi connectivity index (χ3v) is 4.83. The summed E-state index contributed by atoms with van der Waals surface area (Å²) in [5.74, 6) is 0.481. The van der Waals surface area contributed by atoms with Crippen LogP contribution in [0.3, 0.4) is 0 Å². The summed E-state index contributed by atoms with van der Waals surface area (Å²) >= 11 is 0. The molecule has 0 saturated carbocycles. The Kier molecular flexibility index (Phi) is 3.71. The highest BCUT2D eigenvalue weighted by molar-refractivity contribution is 7.92. The van der Waals surface area contributed by atoms with Gasteiger partial charge in [0.05, 0.1) is 17.6 Å². The Balaban J connectivity index is 1.86. The summed E-state index contributed by atoms with van der Waals surface area (Å²) in [6, 6.07) is 14.0. The minimum absolute atomic E-state index is 0.280. The Hall–Kier alpha value is -3.00. The van der Waals surface area contributed by atoms with E-state index < -0.39 is 15.6 Å². The largest absolute Gasteiger partial charge is 0.476 e. The summed E-state index contributed by atoms with van der Waals surface area (Å²) in [5, 5.41) is 0.876. The molecule has 2 heterocycles. The molecular weight excluding hydrogens is 368 g/mol. The number of carbonyl (C=O) groups is 1. The molecule has 0 bridgehead atoms. The van der Waals surface area contributed by atoms with Crippen LogP contribution in [-0.4, -0.2) is 26.2 Å². The molecular formula is C19H18N2O5S. The monoisotopic (exact) mass is 386 g/mol. The molecule has 8 heteroatoms. The minimum Gasteiger partial charge on any atom is -0.476 e. The van der Waals surface area contributed by atoms with Crippen LogP contribution in [0.5, 0.6) is 5.75 Å². The van der Waals surface area contributed by atoms with Crippen LogP contribution >= 0.6 is 0 Å². The molecule has 7 nitrogen and oxygen atoms in total. The second-order valence-electron chi connectivity index (χ2n) is 6.93. The minimum atomic E-state index is -3.43. The molecule has 1 aliphatic rings. The quantitative estimate of drug-likeness (QED) is 0.742. The third-order valence-electron chi connectivity index (χ3n) is 4.22. The first-order valence-corrected chi connectivity index (χ1v) is 10.2. The molecule has 0 aliphatic carbocycles. The topological polar surface area (TPSA) is 88.8 Å². The highest BCUT2D eigenvalue weighted by Crippen LogP contribution is 2.44. The van der Waals surface area contributed by atoms with Crippen molar-refractivity contribution >= 4 is 44.2 Å². The van der Waals surface area contributed by atoms with Gasteiger partial charge in [-0.25, -0.2) is 13.3 Å². The van der Waals surface area contributed by atoms with E-state index in [9.17, 15) is 13.2 Å². The number of amides is 1. The zero-order chi connectivity index (χ0) is 19.4. The molecule has 3 aromatic rings. The Morgan fingerprint density at radius 3 is 2.52 bits per heavy atom. The number of furan rings is 1. The normalized spacial score (nSPS) is 16.1. The van der Waals surface area contributed by atoms with Gasteiger partial charge in [-0.05, 0) is 32.0 Å². The summed E-state index contributed by atoms with van der Waals surface area (Å²) in [4.78, 5) is 14.5. The van der Waals surface area contributed by atoms with E-state index in [1.165, 1.54) is 4.90 Å². The van der Waals surface area contributed by atoms with E-state index in [2.05, 4.69) is 4.72 Å². The van der Waals surface area contributed by atoms with Crippen molar-refractivity contribution in [2.75, 3.05) is 15.9 Å². The van der Waals surface area contributed by atoms with E-state index in [1.54, 1.807) is 38.1 Å². The van der Waals surface area contributed by atoms with Crippen molar-refractivity contribution in [3.8, 4) is 5.75 Å². The van der Waals surface area contributed by atoms with Crippen molar-refractivity contribution in [2.24, 2.45) is 0 Å². The molecule has 1 aliphatic heterocycles. The molecule has 1 aromatic heterocycles. The van der Waals surface area contributed by atoms with Gasteiger partial charge in [-0.15, -0.1) is 0 Å². The van der Waals surface area contributed by atoms with Crippen LogP contribution in [-0.2, 0) is 14.8 Å². The molecule has 0 spiro atoms. The summed E-state index contributed by atoms with van der Waals surface area (Å²) in [7, 11) is -3.43. The fourth-order valence-electron chi connectivity index (χ4n) is 3.05. The van der Waals surface area contributed by atoms with Crippen molar-refractivity contribution in [1.29, 1.82) is 0 Å². The average molecular weight is 386 g/mol. The zero-order valence-electron chi connectivity index (χ0n) is 15.0. The first-order chi connectivity index (χ1) is 12.6. The first kappa shape index (κ1) is 17.4. The number of hydrogen-bond donors (Lipinski definition) is 1. The van der Waals surface area contributed by atoms with E-state index >= 15 is 0 Å². The predicted octanol–water partition coefficient (Wildman–Crippen LogP) is 3.64. The maximum absolute atomic E-state index is 13.0. The van der Waals surface area contributed by atoms with Gasteiger partial charge in [0.25, 0.3) is 5.91 Å². The smallest absolute Gasteiger partial charge is 0.277 e. The number of rotatable bonds is 3. The number of anilines is 3. The van der Waals surface area contributed by atoms with Crippen molar-refractivity contribution in [3.05, 3.63) is 48.5 Å². The number of carbonyl (C=O) groups excluding carboxylic acids is 1. The highest BCUT2D eigenvalue weighted by atomic mass is 32.2. The Labute approximate surface area is 156 Å². The number of nitrogens with zero attached hydrogens (tertiary/aromatic N) is 1. The highest BCUT2D eigenvalue weighted by Gasteiger charge is 2.43. The Bertz CT molecular complexity index is 1130. The molecule has 0 radical (unpaired) electrons. The summed E-state index contributed by atoms with van der Waals surface area (Å²) in [6.07, 6.45) is 1.07. The van der Waals surface area contributed by atoms with Crippen LogP contribution in [0, 0.1) is 0 Å². The molecule has 0 fully saturated rings. The first-order valence-electron chi connectivity index (χ1n) is 8.28. The van der Waals surface area contributed by atoms with Crippen LogP contribution in [0.1, 0.15) is 13.8 Å². The summed E-state index contributed by atoms with van der Waals surface area (Å²) in [5.41, 5.74) is 0.361. The fourth-order valence-corrected chi connectivity index (χ4v) is 3.61. The van der Waals surface area contributed by atoms with Crippen molar-refractivity contribution in [1.82, 2.24) is 0 Å². The van der Waals surface area contributed by atoms with Crippen LogP contribution in [0.15, 0.2) is 52.9 Å². The maximum atomic E-state index is 13.0. The van der Waals surface area contributed by atoms with Crippen molar-refractivity contribution < 1.29 is 22.4 Å². The molecule has 0 saturated heterocycles. The number of benzene rings is 2. The van der Waals surface area contributed by atoms with Gasteiger partial charge in [-0.3, -0.25) is 9.52 Å². The second kappa shape index (κ2) is 5.75. The Morgan fingerprint density at radius 2 is 1.81 bits per heavy atom. The van der Waals surface area contributed by atoms with E-state index in [4.69, 9.17) is 9.15 Å². The summed E-state index contributed by atoms with van der Waals surface area (Å²) in [6.45, 7) is 3.31. The third kappa shape index (κ3) is 3.12. The fraction of sp³-hybridized carbons (Fsp3) is 0.211. The van der Waals surface area contributed by atoms with E-state index in [0.717, 1.165) is 11.6 Å². The lowest BCUT2D eigenvalue weighted by atomic mass is 10.0. The van der Waals surface area contributed by atoms with E-state index in [-0.39, 0.29) is 5.91 Å². The van der Waals surface area contributed by atoms with Gasteiger partial charge in [0.2, 0.25) is 15.9 Å². The Morgan fingerprint density at radius 1 is 1.07 bits per heavy atom. The number of sulfonamides is 1. The predicted molar refractivity (Wildman–Crippen MR) is 103 cm³/mol. The van der Waals surface area contributed by atoms with Crippen molar-refractivity contribution in [3.63, 3.8) is 0 Å². The lowest BCUT2D eigenvalue weighted by Crippen LogP contribution is -2.50. The number of hydrogen-bond acceptors (Lipinski definition) is 5. The van der Waals surface area contributed by atoms with Gasteiger partial charge < -0.3 is 9.15 Å². The van der Waals surface area contributed by atoms with Gasteiger partial charge in [-0.1, -0.05) is 18.2 Å². The van der Waals surface area contributed by atoms with Crippen molar-refractivity contribution in [2.45, 2.75) is 19.4 Å². The molecule has 27 heavy (non-hydrogen) atoms. The van der Waals surface area contributed by atoms with Crippen LogP contribution in [0.2, 0.25) is 0 Å². The van der Waals surface area contributed by atoms with Gasteiger partial charge in [-0.2, -0.15) is 0 Å². The zero-order valence-corrected chi connectivity index (χ0v) is 15.8. The van der Waals surface area contributed by atoms with Gasteiger partial charge in [0.1, 0.15) is 11.3 Å². The van der Waals surface area contributed by atoms with E-state index in [1.807, 2.05) is 24.3 Å². The standard InChI is InChI=1S/C19H18N2O5S/c1-19(2)18(22)21(17-10-12-6-4-5-7-15(12)25-17)14-9-8-13(11-16(14)26-19)20-27(3,23)24/h4-11,20H,1-3H3. The average Bonchev–Trinajstić information content (AvgIpc) is 2.98. The molecule has 2 aromatic carbocycles. The van der Waals surface area contributed by atoms with Crippen LogP contribution in [0.25, 0.3) is 11.0 Å². The molecule has 0 atom stereocenters. The van der Waals surface area contributed by atoms with Gasteiger partial charge in [0.15, 0.2) is 5.60 Å². The second-order valence-corrected chi connectivity index (χ2v) is 8.68. The molecule has 4 rings (SSSR count). The van der Waals surface area contributed by atoms with Crippen LogP contribution < -0.4 is 14.4 Å². The SMILES string of the molecule is CC1(C)Oc2cc(NS(C)(=O)=O)ccc2N(c2cc3ccccc3o2)C1=O. The van der Waals surface area contributed by atoms with Gasteiger partial charge >= 0.3 is 0 Å².